The standard InChI is InChI=1S/C12H26N4OS/c1-9(8-17-2)14-12(16-13)15-10-4-6-11(18-3)7-5-10/h9-11H,4-8,13H2,1-3H3,(H2,14,15,16). The Hall–Kier alpha value is -0.460. The third kappa shape index (κ3) is 5.46. The molecule has 1 unspecified atom stereocenters. The van der Waals surface area contributed by atoms with E-state index >= 15 is 0 Å². The number of guanidine groups is 1. The van der Waals surface area contributed by atoms with Gasteiger partial charge in [0.2, 0.25) is 5.96 Å². The van der Waals surface area contributed by atoms with Crippen LogP contribution in [0.15, 0.2) is 4.99 Å². The fourth-order valence-electron chi connectivity index (χ4n) is 2.23. The third-order valence-corrected chi connectivity index (χ3v) is 4.36. The van der Waals surface area contributed by atoms with E-state index in [-0.39, 0.29) is 6.04 Å². The van der Waals surface area contributed by atoms with Gasteiger partial charge in [-0.1, -0.05) is 0 Å². The minimum Gasteiger partial charge on any atom is -0.383 e. The molecule has 0 bridgehead atoms. The number of rotatable bonds is 5. The molecule has 0 amide bonds. The summed E-state index contributed by atoms with van der Waals surface area (Å²) in [5.41, 5.74) is 2.64. The van der Waals surface area contributed by atoms with Gasteiger partial charge in [0.25, 0.3) is 0 Å². The topological polar surface area (TPSA) is 71.7 Å². The summed E-state index contributed by atoms with van der Waals surface area (Å²) in [7, 11) is 1.69. The van der Waals surface area contributed by atoms with Gasteiger partial charge in [-0.2, -0.15) is 11.8 Å². The van der Waals surface area contributed by atoms with Gasteiger partial charge >= 0.3 is 0 Å². The normalized spacial score (nSPS) is 26.8. The third-order valence-electron chi connectivity index (χ3n) is 3.23. The lowest BCUT2D eigenvalue weighted by atomic mass is 9.95. The van der Waals surface area contributed by atoms with Gasteiger partial charge < -0.3 is 10.1 Å². The quantitative estimate of drug-likeness (QED) is 0.303. The zero-order valence-electron chi connectivity index (χ0n) is 11.6. The molecular weight excluding hydrogens is 248 g/mol. The lowest BCUT2D eigenvalue weighted by Crippen LogP contribution is -2.47. The fourth-order valence-corrected chi connectivity index (χ4v) is 2.98. The van der Waals surface area contributed by atoms with E-state index in [0.717, 1.165) is 18.1 Å². The first-order valence-corrected chi connectivity index (χ1v) is 7.81. The number of aliphatic imine (C=N–C) groups is 1. The van der Waals surface area contributed by atoms with E-state index in [1.165, 1.54) is 12.8 Å². The second-order valence-electron chi connectivity index (χ2n) is 4.79. The van der Waals surface area contributed by atoms with Gasteiger partial charge in [0.1, 0.15) is 0 Å². The highest BCUT2D eigenvalue weighted by molar-refractivity contribution is 7.99. The number of hydrogen-bond acceptors (Lipinski definition) is 4. The van der Waals surface area contributed by atoms with Gasteiger partial charge in [-0.25, -0.2) is 10.8 Å². The zero-order valence-corrected chi connectivity index (χ0v) is 12.4. The first-order chi connectivity index (χ1) is 8.69. The van der Waals surface area contributed by atoms with Crippen molar-refractivity contribution >= 4 is 17.7 Å². The monoisotopic (exact) mass is 274 g/mol. The second-order valence-corrected chi connectivity index (χ2v) is 5.93. The summed E-state index contributed by atoms with van der Waals surface area (Å²) in [6.45, 7) is 2.68. The van der Waals surface area contributed by atoms with E-state index in [1.807, 2.05) is 18.7 Å². The summed E-state index contributed by atoms with van der Waals surface area (Å²) in [4.78, 5) is 4.65. The Morgan fingerprint density at radius 3 is 2.61 bits per heavy atom. The second kappa shape index (κ2) is 8.61. The van der Waals surface area contributed by atoms with Crippen LogP contribution in [0.1, 0.15) is 32.6 Å². The van der Waals surface area contributed by atoms with Gasteiger partial charge in [-0.3, -0.25) is 5.43 Å². The number of thioether (sulfide) groups is 1. The van der Waals surface area contributed by atoms with Crippen LogP contribution in [0, 0.1) is 0 Å². The molecule has 4 N–H and O–H groups in total. The van der Waals surface area contributed by atoms with Crippen LogP contribution in [-0.2, 0) is 4.74 Å². The van der Waals surface area contributed by atoms with Crippen LogP contribution in [0.2, 0.25) is 0 Å². The predicted octanol–water partition coefficient (Wildman–Crippen LogP) is 1.10. The molecule has 1 rings (SSSR count). The van der Waals surface area contributed by atoms with Crippen LogP contribution in [0.25, 0.3) is 0 Å². The molecular formula is C12H26N4OS. The molecule has 1 saturated carbocycles. The summed E-state index contributed by atoms with van der Waals surface area (Å²) in [5, 5.41) is 4.03. The first kappa shape index (κ1) is 15.6. The Balaban J connectivity index is 2.42. The van der Waals surface area contributed by atoms with Crippen molar-refractivity contribution in [1.82, 2.24) is 10.7 Å². The van der Waals surface area contributed by atoms with Crippen molar-refractivity contribution in [2.24, 2.45) is 10.8 Å². The Morgan fingerprint density at radius 2 is 2.11 bits per heavy atom. The molecule has 1 aliphatic rings. The highest BCUT2D eigenvalue weighted by Gasteiger charge is 2.20. The highest BCUT2D eigenvalue weighted by atomic mass is 32.2. The minimum atomic E-state index is 0.201. The summed E-state index contributed by atoms with van der Waals surface area (Å²) in [6.07, 6.45) is 6.99. The fraction of sp³-hybridized carbons (Fsp3) is 0.917. The van der Waals surface area contributed by atoms with Gasteiger partial charge in [0, 0.05) is 18.4 Å². The summed E-state index contributed by atoms with van der Waals surface area (Å²) in [6, 6.07) is 0.592. The average molecular weight is 274 g/mol. The van der Waals surface area contributed by atoms with Crippen LogP contribution in [0.5, 0.6) is 0 Å². The van der Waals surface area contributed by atoms with E-state index < -0.39 is 0 Å². The maximum Gasteiger partial charge on any atom is 0.206 e. The van der Waals surface area contributed by atoms with Crippen molar-refractivity contribution in [3.8, 4) is 0 Å². The lowest BCUT2D eigenvalue weighted by molar-refractivity contribution is 0.179. The lowest BCUT2D eigenvalue weighted by Gasteiger charge is -2.26. The van der Waals surface area contributed by atoms with Gasteiger partial charge in [-0.05, 0) is 38.9 Å². The van der Waals surface area contributed by atoms with Crippen molar-refractivity contribution in [1.29, 1.82) is 0 Å². The number of nitrogens with two attached hydrogens (primary N) is 1. The van der Waals surface area contributed by atoms with E-state index in [0.29, 0.717) is 18.6 Å². The minimum absolute atomic E-state index is 0.201. The molecule has 0 aromatic rings. The molecule has 106 valence electrons. The number of methoxy groups -OCH3 is 1. The smallest absolute Gasteiger partial charge is 0.206 e. The van der Waals surface area contributed by atoms with Crippen LogP contribution in [0.4, 0.5) is 0 Å². The Bertz CT molecular complexity index is 254. The molecule has 1 fully saturated rings. The van der Waals surface area contributed by atoms with Gasteiger partial charge in [0.15, 0.2) is 0 Å². The Kier molecular flexibility index (Phi) is 7.46. The van der Waals surface area contributed by atoms with Crippen LogP contribution in [0.3, 0.4) is 0 Å². The number of hydrogen-bond donors (Lipinski definition) is 3. The van der Waals surface area contributed by atoms with E-state index in [9.17, 15) is 0 Å². The molecule has 18 heavy (non-hydrogen) atoms. The number of nitrogens with zero attached hydrogens (tertiary/aromatic N) is 1. The Labute approximate surface area is 114 Å². The van der Waals surface area contributed by atoms with Crippen molar-refractivity contribution in [3.05, 3.63) is 0 Å². The number of ether oxygens (including phenoxy) is 1. The van der Waals surface area contributed by atoms with Crippen molar-refractivity contribution < 1.29 is 4.74 Å². The van der Waals surface area contributed by atoms with Crippen LogP contribution >= 0.6 is 11.8 Å². The maximum absolute atomic E-state index is 5.50. The molecule has 1 atom stereocenters. The molecule has 0 heterocycles. The molecule has 0 aromatic heterocycles. The van der Waals surface area contributed by atoms with Crippen LogP contribution < -0.4 is 16.6 Å². The largest absolute Gasteiger partial charge is 0.383 e. The van der Waals surface area contributed by atoms with E-state index in [2.05, 4.69) is 22.0 Å². The molecule has 0 saturated heterocycles. The summed E-state index contributed by atoms with van der Waals surface area (Å²) in [5.74, 6) is 6.17. The molecule has 0 spiro atoms. The van der Waals surface area contributed by atoms with Crippen LogP contribution in [-0.4, -0.2) is 43.3 Å². The number of hydrazine groups is 1. The average Bonchev–Trinajstić information content (AvgIpc) is 2.39. The van der Waals surface area contributed by atoms with Crippen molar-refractivity contribution in [2.75, 3.05) is 20.0 Å². The highest BCUT2D eigenvalue weighted by Crippen LogP contribution is 2.28. The predicted molar refractivity (Wildman–Crippen MR) is 78.8 cm³/mol. The Morgan fingerprint density at radius 1 is 1.44 bits per heavy atom. The zero-order chi connectivity index (χ0) is 13.4. The molecule has 0 aliphatic heterocycles. The molecule has 0 radical (unpaired) electrons. The summed E-state index contributed by atoms with van der Waals surface area (Å²) < 4.78 is 5.08. The first-order valence-electron chi connectivity index (χ1n) is 6.52. The van der Waals surface area contributed by atoms with Gasteiger partial charge in [0.05, 0.1) is 12.6 Å². The maximum atomic E-state index is 5.50. The van der Waals surface area contributed by atoms with Crippen molar-refractivity contribution in [3.63, 3.8) is 0 Å². The molecule has 6 heteroatoms. The SMILES string of the molecule is COCC(C)NC(=NC1CCC(SC)CC1)NN. The molecule has 0 aromatic carbocycles. The number of nitrogens with one attached hydrogen (secondary N) is 2. The van der Waals surface area contributed by atoms with Crippen molar-refractivity contribution in [2.45, 2.75) is 49.9 Å². The van der Waals surface area contributed by atoms with E-state index in [4.69, 9.17) is 10.6 Å². The molecule has 5 nitrogen and oxygen atoms in total. The molecule has 1 aliphatic carbocycles. The van der Waals surface area contributed by atoms with E-state index in [1.54, 1.807) is 7.11 Å². The van der Waals surface area contributed by atoms with Gasteiger partial charge in [-0.15, -0.1) is 0 Å². The summed E-state index contributed by atoms with van der Waals surface area (Å²) >= 11 is 1.97.